The number of ether oxygens (including phenoxy) is 2. The van der Waals surface area contributed by atoms with Crippen LogP contribution in [-0.2, 0) is 0 Å². The number of urea groups is 1. The first kappa shape index (κ1) is 22.4. The maximum absolute atomic E-state index is 12.7. The SMILES string of the molecule is CCCCOc1ccc(NC(=O)N2CCC(Oc3nc4c(C)ccc(C)c4s3)CC2)cc1. The van der Waals surface area contributed by atoms with Crippen LogP contribution in [0.25, 0.3) is 10.2 Å². The number of fused-ring (bicyclic) bond motifs is 1. The van der Waals surface area contributed by atoms with Gasteiger partial charge in [-0.1, -0.05) is 36.8 Å². The number of nitrogens with one attached hydrogen (secondary N) is 1. The first-order valence-corrected chi connectivity index (χ1v) is 12.2. The Balaban J connectivity index is 1.27. The van der Waals surface area contributed by atoms with E-state index in [2.05, 4.69) is 38.2 Å². The number of aromatic nitrogens is 1. The molecule has 170 valence electrons. The summed E-state index contributed by atoms with van der Waals surface area (Å²) in [5, 5.41) is 3.70. The molecule has 1 aliphatic rings. The monoisotopic (exact) mass is 453 g/mol. The number of nitrogens with zero attached hydrogens (tertiary/aromatic N) is 2. The van der Waals surface area contributed by atoms with Gasteiger partial charge in [-0.3, -0.25) is 0 Å². The summed E-state index contributed by atoms with van der Waals surface area (Å²) in [5.41, 5.74) is 4.20. The van der Waals surface area contributed by atoms with Crippen LogP contribution in [0.2, 0.25) is 0 Å². The normalized spacial score (nSPS) is 14.5. The minimum absolute atomic E-state index is 0.0747. The van der Waals surface area contributed by atoms with E-state index in [1.54, 1.807) is 11.3 Å². The summed E-state index contributed by atoms with van der Waals surface area (Å²) in [4.78, 5) is 19.2. The van der Waals surface area contributed by atoms with Crippen LogP contribution in [0.15, 0.2) is 36.4 Å². The molecular formula is C25H31N3O3S. The van der Waals surface area contributed by atoms with Crippen molar-refractivity contribution < 1.29 is 14.3 Å². The zero-order valence-electron chi connectivity index (χ0n) is 19.0. The summed E-state index contributed by atoms with van der Waals surface area (Å²) in [5.74, 6) is 0.828. The molecule has 3 aromatic rings. The molecule has 0 saturated carbocycles. The number of piperidine rings is 1. The number of rotatable bonds is 7. The van der Waals surface area contributed by atoms with Crippen molar-refractivity contribution in [3.8, 4) is 10.9 Å². The van der Waals surface area contributed by atoms with Gasteiger partial charge < -0.3 is 19.7 Å². The Morgan fingerprint density at radius 3 is 2.53 bits per heavy atom. The minimum Gasteiger partial charge on any atom is -0.494 e. The molecule has 0 aliphatic carbocycles. The van der Waals surface area contributed by atoms with E-state index in [1.165, 1.54) is 15.8 Å². The highest BCUT2D eigenvalue weighted by Crippen LogP contribution is 2.33. The fourth-order valence-corrected chi connectivity index (χ4v) is 4.81. The number of aryl methyl sites for hydroxylation is 2. The molecule has 32 heavy (non-hydrogen) atoms. The number of carbonyl (C=O) groups is 1. The van der Waals surface area contributed by atoms with E-state index in [1.807, 2.05) is 29.2 Å². The molecule has 0 bridgehead atoms. The van der Waals surface area contributed by atoms with Crippen LogP contribution in [0, 0.1) is 13.8 Å². The molecule has 2 amide bonds. The highest BCUT2D eigenvalue weighted by Gasteiger charge is 2.25. The number of benzene rings is 2. The van der Waals surface area contributed by atoms with Crippen LogP contribution in [0.5, 0.6) is 10.9 Å². The molecule has 2 aromatic carbocycles. The Labute approximate surface area is 193 Å². The van der Waals surface area contributed by atoms with Gasteiger partial charge >= 0.3 is 6.03 Å². The third kappa shape index (κ3) is 5.33. The molecule has 0 radical (unpaired) electrons. The number of likely N-dealkylation sites (tertiary alicyclic amines) is 1. The van der Waals surface area contributed by atoms with Crippen molar-refractivity contribution in [3.05, 3.63) is 47.5 Å². The lowest BCUT2D eigenvalue weighted by molar-refractivity contribution is 0.115. The van der Waals surface area contributed by atoms with Crippen molar-refractivity contribution in [3.63, 3.8) is 0 Å². The number of carbonyl (C=O) groups excluding carboxylic acids is 1. The van der Waals surface area contributed by atoms with Crippen molar-refractivity contribution in [2.24, 2.45) is 0 Å². The molecular weight excluding hydrogens is 422 g/mol. The van der Waals surface area contributed by atoms with Gasteiger partial charge in [0.15, 0.2) is 0 Å². The number of hydrogen-bond donors (Lipinski definition) is 1. The fraction of sp³-hybridized carbons (Fsp3) is 0.440. The van der Waals surface area contributed by atoms with Crippen LogP contribution in [0.3, 0.4) is 0 Å². The molecule has 1 aliphatic heterocycles. The van der Waals surface area contributed by atoms with Gasteiger partial charge in [0.25, 0.3) is 5.19 Å². The maximum Gasteiger partial charge on any atom is 0.321 e. The number of unbranched alkanes of at least 4 members (excludes halogenated alkanes) is 1. The van der Waals surface area contributed by atoms with Gasteiger partial charge in [-0.05, 0) is 55.7 Å². The molecule has 1 saturated heterocycles. The number of anilines is 1. The lowest BCUT2D eigenvalue weighted by Gasteiger charge is -2.31. The van der Waals surface area contributed by atoms with Gasteiger partial charge in [0.05, 0.1) is 16.8 Å². The van der Waals surface area contributed by atoms with Gasteiger partial charge in [0.2, 0.25) is 0 Å². The van der Waals surface area contributed by atoms with Gasteiger partial charge in [0.1, 0.15) is 11.9 Å². The standard InChI is InChI=1S/C25H31N3O3S/c1-4-5-16-30-20-10-8-19(9-11-20)26-24(29)28-14-12-21(13-15-28)31-25-27-22-17(2)6-7-18(3)23(22)32-25/h6-11,21H,4-5,12-16H2,1-3H3,(H,26,29). The van der Waals surface area contributed by atoms with Gasteiger partial charge in [0, 0.05) is 31.6 Å². The van der Waals surface area contributed by atoms with E-state index < -0.39 is 0 Å². The lowest BCUT2D eigenvalue weighted by atomic mass is 10.1. The number of amides is 2. The minimum atomic E-state index is -0.0747. The topological polar surface area (TPSA) is 63.7 Å². The molecule has 1 N–H and O–H groups in total. The van der Waals surface area contributed by atoms with E-state index in [0.29, 0.717) is 13.1 Å². The molecule has 2 heterocycles. The summed E-state index contributed by atoms with van der Waals surface area (Å²) in [6.45, 7) is 8.37. The zero-order valence-corrected chi connectivity index (χ0v) is 19.8. The first-order valence-electron chi connectivity index (χ1n) is 11.4. The maximum atomic E-state index is 12.7. The van der Waals surface area contributed by atoms with Crippen molar-refractivity contribution >= 4 is 33.3 Å². The second-order valence-electron chi connectivity index (χ2n) is 8.32. The Hall–Kier alpha value is -2.80. The van der Waals surface area contributed by atoms with Gasteiger partial charge in [-0.2, -0.15) is 0 Å². The largest absolute Gasteiger partial charge is 0.494 e. The Kier molecular flexibility index (Phi) is 7.15. The van der Waals surface area contributed by atoms with Crippen LogP contribution < -0.4 is 14.8 Å². The van der Waals surface area contributed by atoms with Crippen LogP contribution in [0.1, 0.15) is 43.7 Å². The second-order valence-corrected chi connectivity index (χ2v) is 9.28. The average molecular weight is 454 g/mol. The van der Waals surface area contributed by atoms with Gasteiger partial charge in [-0.15, -0.1) is 0 Å². The molecule has 0 unspecified atom stereocenters. The predicted octanol–water partition coefficient (Wildman–Crippen LogP) is 6.17. The van der Waals surface area contributed by atoms with E-state index in [4.69, 9.17) is 14.5 Å². The Bertz CT molecular complexity index is 1020. The summed E-state index contributed by atoms with van der Waals surface area (Å²) in [6, 6.07) is 11.7. The van der Waals surface area contributed by atoms with Crippen LogP contribution in [0.4, 0.5) is 10.5 Å². The summed E-state index contributed by atoms with van der Waals surface area (Å²) in [7, 11) is 0. The highest BCUT2D eigenvalue weighted by molar-refractivity contribution is 7.20. The average Bonchev–Trinajstić information content (AvgIpc) is 3.23. The predicted molar refractivity (Wildman–Crippen MR) is 130 cm³/mol. The van der Waals surface area contributed by atoms with Crippen LogP contribution >= 0.6 is 11.3 Å². The van der Waals surface area contributed by atoms with E-state index in [0.717, 1.165) is 54.4 Å². The third-order valence-electron chi connectivity index (χ3n) is 5.79. The third-order valence-corrected chi connectivity index (χ3v) is 6.87. The molecule has 1 aromatic heterocycles. The molecule has 0 atom stereocenters. The Morgan fingerprint density at radius 1 is 1.12 bits per heavy atom. The first-order chi connectivity index (χ1) is 15.5. The molecule has 0 spiro atoms. The van der Waals surface area contributed by atoms with Crippen molar-refractivity contribution in [2.45, 2.75) is 52.6 Å². The molecule has 6 nitrogen and oxygen atoms in total. The van der Waals surface area contributed by atoms with Crippen molar-refractivity contribution in [2.75, 3.05) is 25.0 Å². The summed E-state index contributed by atoms with van der Waals surface area (Å²) in [6.07, 6.45) is 3.82. The van der Waals surface area contributed by atoms with Crippen molar-refractivity contribution in [1.82, 2.24) is 9.88 Å². The van der Waals surface area contributed by atoms with E-state index >= 15 is 0 Å². The molecule has 1 fully saturated rings. The molecule has 7 heteroatoms. The lowest BCUT2D eigenvalue weighted by Crippen LogP contribution is -2.43. The zero-order chi connectivity index (χ0) is 22.5. The highest BCUT2D eigenvalue weighted by atomic mass is 32.1. The quantitative estimate of drug-likeness (QED) is 0.435. The molecule has 4 rings (SSSR count). The van der Waals surface area contributed by atoms with E-state index in [-0.39, 0.29) is 12.1 Å². The van der Waals surface area contributed by atoms with Crippen molar-refractivity contribution in [1.29, 1.82) is 0 Å². The van der Waals surface area contributed by atoms with Crippen LogP contribution in [-0.4, -0.2) is 41.7 Å². The number of thiazole rings is 1. The fourth-order valence-electron chi connectivity index (χ4n) is 3.78. The van der Waals surface area contributed by atoms with E-state index in [9.17, 15) is 4.79 Å². The number of hydrogen-bond acceptors (Lipinski definition) is 5. The second kappa shape index (κ2) is 10.2. The summed E-state index contributed by atoms with van der Waals surface area (Å²) >= 11 is 1.61. The smallest absolute Gasteiger partial charge is 0.321 e. The Morgan fingerprint density at radius 2 is 1.84 bits per heavy atom. The van der Waals surface area contributed by atoms with Gasteiger partial charge in [-0.25, -0.2) is 9.78 Å². The summed E-state index contributed by atoms with van der Waals surface area (Å²) < 4.78 is 13.1.